The maximum Gasteiger partial charge on any atom is 0.132 e. The lowest BCUT2D eigenvalue weighted by atomic mass is 9.86. The van der Waals surface area contributed by atoms with E-state index < -0.39 is 0 Å². The number of hydroxylamine groups is 3. The molecule has 1 aliphatic carbocycles. The largest absolute Gasteiger partial charge is 0.370 e. The Morgan fingerprint density at radius 2 is 1.73 bits per heavy atom. The summed E-state index contributed by atoms with van der Waals surface area (Å²) in [6.07, 6.45) is 4.62. The van der Waals surface area contributed by atoms with Gasteiger partial charge in [-0.1, -0.05) is 0 Å². The van der Waals surface area contributed by atoms with E-state index in [-0.39, 0.29) is 4.65 Å². The van der Waals surface area contributed by atoms with Gasteiger partial charge in [0.15, 0.2) is 0 Å². The molecule has 3 N–H and O–H groups in total. The average Bonchev–Trinajstić information content (AvgIpc) is 2.22. The first kappa shape index (κ1) is 11.3. The molecule has 0 spiro atoms. The Balaban J connectivity index is 1.80. The highest BCUT2D eigenvalue weighted by atomic mass is 16.6. The molecular weight excluding hydrogens is 192 g/mol. The molecule has 1 saturated carbocycles. The number of ether oxygens (including phenoxy) is 1. The van der Waals surface area contributed by atoms with E-state index in [0.717, 1.165) is 32.5 Å². The van der Waals surface area contributed by atoms with Gasteiger partial charge in [-0.05, 0) is 25.7 Å². The van der Waals surface area contributed by atoms with Crippen LogP contribution in [0.4, 0.5) is 0 Å². The quantitative estimate of drug-likeness (QED) is 0.668. The van der Waals surface area contributed by atoms with Crippen LogP contribution in [0.25, 0.3) is 0 Å². The third-order valence-electron chi connectivity index (χ3n) is 3.79. The van der Waals surface area contributed by atoms with Crippen LogP contribution in [-0.4, -0.2) is 48.7 Å². The van der Waals surface area contributed by atoms with E-state index in [2.05, 4.69) is 0 Å². The van der Waals surface area contributed by atoms with Crippen LogP contribution in [0.15, 0.2) is 0 Å². The molecule has 0 atom stereocenters. The van der Waals surface area contributed by atoms with Crippen molar-refractivity contribution in [2.24, 2.45) is 11.7 Å². The van der Waals surface area contributed by atoms with Crippen molar-refractivity contribution in [3.63, 3.8) is 0 Å². The van der Waals surface area contributed by atoms with E-state index in [9.17, 15) is 5.21 Å². The molecule has 2 rings (SSSR count). The average molecular weight is 215 g/mol. The molecule has 88 valence electrons. The van der Waals surface area contributed by atoms with Gasteiger partial charge in [-0.15, -0.1) is 0 Å². The Labute approximate surface area is 91.5 Å². The fraction of sp³-hybridized carbons (Fsp3) is 1.00. The zero-order valence-corrected chi connectivity index (χ0v) is 9.40. The van der Waals surface area contributed by atoms with Crippen LogP contribution in [0, 0.1) is 5.92 Å². The smallest absolute Gasteiger partial charge is 0.132 e. The van der Waals surface area contributed by atoms with Gasteiger partial charge in [0.2, 0.25) is 0 Å². The second-order valence-corrected chi connectivity index (χ2v) is 5.12. The lowest BCUT2D eigenvalue weighted by molar-refractivity contribution is -1.11. The number of nitrogens with two attached hydrogens (primary N) is 1. The fourth-order valence-corrected chi connectivity index (χ4v) is 2.72. The molecule has 0 amide bonds. The molecule has 0 bridgehead atoms. The minimum Gasteiger partial charge on any atom is -0.370 e. The number of rotatable bonds is 2. The van der Waals surface area contributed by atoms with Gasteiger partial charge in [0.25, 0.3) is 0 Å². The second-order valence-electron chi connectivity index (χ2n) is 5.12. The van der Waals surface area contributed by atoms with Gasteiger partial charge in [-0.2, -0.15) is 4.65 Å². The molecule has 1 heterocycles. The summed E-state index contributed by atoms with van der Waals surface area (Å²) < 4.78 is 5.50. The van der Waals surface area contributed by atoms with Crippen LogP contribution in [-0.2, 0) is 4.74 Å². The lowest BCUT2D eigenvalue weighted by Crippen LogP contribution is -2.55. The van der Waals surface area contributed by atoms with E-state index in [1.807, 2.05) is 0 Å². The fourth-order valence-electron chi connectivity index (χ4n) is 2.72. The second kappa shape index (κ2) is 4.78. The van der Waals surface area contributed by atoms with Crippen molar-refractivity contribution in [3.05, 3.63) is 0 Å². The highest BCUT2D eigenvalue weighted by Crippen LogP contribution is 2.26. The monoisotopic (exact) mass is 215 g/mol. The molecule has 4 nitrogen and oxygen atoms in total. The highest BCUT2D eigenvalue weighted by molar-refractivity contribution is 4.74. The topological polar surface area (TPSA) is 55.5 Å². The van der Waals surface area contributed by atoms with Crippen LogP contribution in [0.2, 0.25) is 0 Å². The number of morpholine rings is 1. The molecule has 0 aromatic carbocycles. The normalized spacial score (nSPS) is 36.4. The standard InChI is InChI=1S/C11H23N2O2/c12-11-3-1-10(2-4-11)9-13(14)5-7-15-8-6-13/h10-11,14H,1-9,12H2/q+1. The van der Waals surface area contributed by atoms with E-state index in [1.54, 1.807) is 0 Å². The Morgan fingerprint density at radius 1 is 1.13 bits per heavy atom. The van der Waals surface area contributed by atoms with Gasteiger partial charge in [-0.25, -0.2) is 5.21 Å². The van der Waals surface area contributed by atoms with Crippen molar-refractivity contribution in [2.75, 3.05) is 32.8 Å². The molecule has 0 radical (unpaired) electrons. The van der Waals surface area contributed by atoms with Crippen LogP contribution in [0.5, 0.6) is 0 Å². The van der Waals surface area contributed by atoms with Crippen molar-refractivity contribution < 1.29 is 14.6 Å². The third-order valence-corrected chi connectivity index (χ3v) is 3.79. The Morgan fingerprint density at radius 3 is 2.33 bits per heavy atom. The maximum absolute atomic E-state index is 10.3. The van der Waals surface area contributed by atoms with E-state index in [1.165, 1.54) is 12.8 Å². The van der Waals surface area contributed by atoms with Gasteiger partial charge in [0, 0.05) is 12.0 Å². The van der Waals surface area contributed by atoms with Gasteiger partial charge >= 0.3 is 0 Å². The molecule has 0 aromatic heterocycles. The first-order valence-corrected chi connectivity index (χ1v) is 6.10. The number of quaternary nitrogens is 1. The van der Waals surface area contributed by atoms with Crippen molar-refractivity contribution >= 4 is 0 Å². The summed E-state index contributed by atoms with van der Waals surface area (Å²) in [5.41, 5.74) is 5.88. The van der Waals surface area contributed by atoms with Crippen molar-refractivity contribution in [1.82, 2.24) is 0 Å². The number of hydrogen-bond donors (Lipinski definition) is 2. The summed E-state index contributed by atoms with van der Waals surface area (Å²) in [5, 5.41) is 10.3. The molecule has 1 aliphatic heterocycles. The zero-order chi connectivity index (χ0) is 10.7. The highest BCUT2D eigenvalue weighted by Gasteiger charge is 2.33. The SMILES string of the molecule is NC1CCC(C[N+]2(O)CCOCC2)CC1. The molecule has 4 heteroatoms. The molecule has 15 heavy (non-hydrogen) atoms. The minimum atomic E-state index is 0.222. The van der Waals surface area contributed by atoms with Crippen molar-refractivity contribution in [1.29, 1.82) is 0 Å². The summed E-state index contributed by atoms with van der Waals surface area (Å²) in [6.45, 7) is 3.80. The van der Waals surface area contributed by atoms with Gasteiger partial charge < -0.3 is 10.5 Å². The Kier molecular flexibility index (Phi) is 3.61. The van der Waals surface area contributed by atoms with Crippen molar-refractivity contribution in [2.45, 2.75) is 31.7 Å². The van der Waals surface area contributed by atoms with Crippen LogP contribution >= 0.6 is 0 Å². The van der Waals surface area contributed by atoms with Crippen LogP contribution in [0.1, 0.15) is 25.7 Å². The Hall–Kier alpha value is -0.160. The number of hydrogen-bond acceptors (Lipinski definition) is 3. The maximum atomic E-state index is 10.3. The molecular formula is C11H23N2O2+. The van der Waals surface area contributed by atoms with E-state index in [4.69, 9.17) is 10.5 Å². The van der Waals surface area contributed by atoms with E-state index in [0.29, 0.717) is 25.2 Å². The zero-order valence-electron chi connectivity index (χ0n) is 9.40. The van der Waals surface area contributed by atoms with Gasteiger partial charge in [0.05, 0.1) is 13.2 Å². The lowest BCUT2D eigenvalue weighted by Gasteiger charge is -2.37. The minimum absolute atomic E-state index is 0.222. The first-order chi connectivity index (χ1) is 7.18. The summed E-state index contributed by atoms with van der Waals surface area (Å²) in [6, 6.07) is 0.401. The van der Waals surface area contributed by atoms with Crippen LogP contribution < -0.4 is 5.73 Å². The predicted octanol–water partition coefficient (Wildman–Crippen LogP) is 0.740. The first-order valence-electron chi connectivity index (χ1n) is 6.10. The third kappa shape index (κ3) is 3.14. The van der Waals surface area contributed by atoms with Crippen LogP contribution in [0.3, 0.4) is 0 Å². The van der Waals surface area contributed by atoms with Gasteiger partial charge in [0.1, 0.15) is 19.6 Å². The predicted molar refractivity (Wildman–Crippen MR) is 57.4 cm³/mol. The van der Waals surface area contributed by atoms with Gasteiger partial charge in [-0.3, -0.25) is 0 Å². The molecule has 0 aromatic rings. The van der Waals surface area contributed by atoms with E-state index >= 15 is 0 Å². The summed E-state index contributed by atoms with van der Waals surface area (Å²) in [7, 11) is 0. The summed E-state index contributed by atoms with van der Waals surface area (Å²) >= 11 is 0. The number of nitrogens with zero attached hydrogens (tertiary/aromatic N) is 1. The molecule has 1 saturated heterocycles. The van der Waals surface area contributed by atoms with Crippen molar-refractivity contribution in [3.8, 4) is 0 Å². The molecule has 2 aliphatic rings. The summed E-state index contributed by atoms with van der Waals surface area (Å²) in [5.74, 6) is 0.660. The molecule has 0 unspecified atom stereocenters. The molecule has 2 fully saturated rings. The Bertz CT molecular complexity index is 197. The summed E-state index contributed by atoms with van der Waals surface area (Å²) in [4.78, 5) is 0.